The molecule has 0 saturated heterocycles. The molecule has 0 N–H and O–H groups in total. The van der Waals surface area contributed by atoms with E-state index in [1.807, 2.05) is 30.3 Å². The van der Waals surface area contributed by atoms with E-state index in [2.05, 4.69) is 0 Å². The zero-order chi connectivity index (χ0) is 18.5. The Morgan fingerprint density at radius 2 is 1.80 bits per heavy atom. The van der Waals surface area contributed by atoms with Gasteiger partial charge in [-0.05, 0) is 39.2 Å². The summed E-state index contributed by atoms with van der Waals surface area (Å²) in [6, 6.07) is 9.56. The third-order valence-electron chi connectivity index (χ3n) is 3.65. The van der Waals surface area contributed by atoms with Crippen molar-refractivity contribution in [1.82, 2.24) is 0 Å². The van der Waals surface area contributed by atoms with Crippen molar-refractivity contribution >= 4 is 16.1 Å². The van der Waals surface area contributed by atoms with Crippen LogP contribution in [0.2, 0.25) is 0 Å². The van der Waals surface area contributed by atoms with Crippen LogP contribution in [0.3, 0.4) is 0 Å². The van der Waals surface area contributed by atoms with Gasteiger partial charge >= 0.3 is 5.97 Å². The first-order valence-electron chi connectivity index (χ1n) is 8.39. The Balaban J connectivity index is 1.89. The highest BCUT2D eigenvalue weighted by molar-refractivity contribution is 7.87. The molecule has 0 aliphatic heterocycles. The lowest BCUT2D eigenvalue weighted by Crippen LogP contribution is -2.34. The number of carbonyl (C=O) groups is 1. The van der Waals surface area contributed by atoms with E-state index in [9.17, 15) is 13.2 Å². The van der Waals surface area contributed by atoms with Crippen LogP contribution in [0.15, 0.2) is 30.3 Å². The highest BCUT2D eigenvalue weighted by atomic mass is 32.2. The third-order valence-corrected chi connectivity index (χ3v) is 5.40. The number of rotatable bonds is 9. The summed E-state index contributed by atoms with van der Waals surface area (Å²) in [5.74, 6) is -0.423. The minimum absolute atomic E-state index is 0.0664. The van der Waals surface area contributed by atoms with Gasteiger partial charge in [-0.15, -0.1) is 0 Å². The van der Waals surface area contributed by atoms with E-state index >= 15 is 0 Å². The van der Waals surface area contributed by atoms with Crippen molar-refractivity contribution in [3.05, 3.63) is 35.9 Å². The fourth-order valence-electron chi connectivity index (χ4n) is 1.95. The molecule has 25 heavy (non-hydrogen) atoms. The molecular formula is C18H26O6S. The summed E-state index contributed by atoms with van der Waals surface area (Å²) < 4.78 is 39.8. The van der Waals surface area contributed by atoms with E-state index in [1.54, 1.807) is 20.8 Å². The van der Waals surface area contributed by atoms with Crippen molar-refractivity contribution in [3.63, 3.8) is 0 Å². The van der Waals surface area contributed by atoms with Crippen LogP contribution in [0, 0.1) is 5.41 Å². The number of ether oxygens (including phenoxy) is 2. The maximum atomic E-state index is 12.1. The van der Waals surface area contributed by atoms with Crippen LogP contribution < -0.4 is 0 Å². The molecule has 0 amide bonds. The van der Waals surface area contributed by atoms with E-state index < -0.39 is 32.9 Å². The van der Waals surface area contributed by atoms with Gasteiger partial charge < -0.3 is 9.47 Å². The maximum Gasteiger partial charge on any atom is 0.311 e. The van der Waals surface area contributed by atoms with E-state index in [0.717, 1.165) is 5.56 Å². The maximum absolute atomic E-state index is 12.1. The van der Waals surface area contributed by atoms with Crippen LogP contribution in [0.4, 0.5) is 0 Å². The fourth-order valence-corrected chi connectivity index (χ4v) is 3.20. The summed E-state index contributed by atoms with van der Waals surface area (Å²) in [7, 11) is -3.58. The Bertz CT molecular complexity index is 659. The van der Waals surface area contributed by atoms with E-state index in [1.165, 1.54) is 0 Å². The number of hydrogen-bond acceptors (Lipinski definition) is 6. The molecule has 140 valence electrons. The van der Waals surface area contributed by atoms with Gasteiger partial charge in [-0.1, -0.05) is 30.3 Å². The lowest BCUT2D eigenvalue weighted by atomic mass is 9.97. The molecule has 0 bridgehead atoms. The Kier molecular flexibility index (Phi) is 6.59. The van der Waals surface area contributed by atoms with Gasteiger partial charge in [0.05, 0.1) is 23.9 Å². The molecule has 1 saturated carbocycles. The van der Waals surface area contributed by atoms with Gasteiger partial charge in [0.2, 0.25) is 0 Å². The van der Waals surface area contributed by atoms with Gasteiger partial charge in [0.1, 0.15) is 12.7 Å². The molecule has 0 heterocycles. The topological polar surface area (TPSA) is 78.9 Å². The van der Waals surface area contributed by atoms with Gasteiger partial charge in [-0.25, -0.2) is 0 Å². The van der Waals surface area contributed by atoms with Gasteiger partial charge in [-0.2, -0.15) is 8.42 Å². The molecule has 1 aliphatic carbocycles. The minimum Gasteiger partial charge on any atom is -0.457 e. The molecule has 1 aliphatic rings. The second-order valence-corrected chi connectivity index (χ2v) is 9.14. The predicted molar refractivity (Wildman–Crippen MR) is 93.3 cm³/mol. The second-order valence-electron chi connectivity index (χ2n) is 7.25. The molecule has 1 aromatic rings. The number of hydrogen-bond donors (Lipinski definition) is 0. The second kappa shape index (κ2) is 8.29. The lowest BCUT2D eigenvalue weighted by Gasteiger charge is -2.23. The Labute approximate surface area is 149 Å². The minimum atomic E-state index is -3.58. The smallest absolute Gasteiger partial charge is 0.311 e. The molecule has 0 radical (unpaired) electrons. The summed E-state index contributed by atoms with van der Waals surface area (Å²) in [4.78, 5) is 12.1. The first-order chi connectivity index (χ1) is 11.7. The summed E-state index contributed by atoms with van der Waals surface area (Å²) in [6.07, 6.45) is 0.474. The van der Waals surface area contributed by atoms with Gasteiger partial charge in [0.25, 0.3) is 10.1 Å². The zero-order valence-corrected chi connectivity index (χ0v) is 15.8. The summed E-state index contributed by atoms with van der Waals surface area (Å²) in [6.45, 7) is 5.39. The van der Waals surface area contributed by atoms with Crippen LogP contribution >= 0.6 is 0 Å². The fraction of sp³-hybridized carbons (Fsp3) is 0.611. The average molecular weight is 370 g/mol. The Morgan fingerprint density at radius 3 is 2.36 bits per heavy atom. The van der Waals surface area contributed by atoms with Crippen LogP contribution in [0.5, 0.6) is 0 Å². The average Bonchev–Trinajstić information content (AvgIpc) is 3.38. The van der Waals surface area contributed by atoms with E-state index in [0.29, 0.717) is 19.4 Å². The lowest BCUT2D eigenvalue weighted by molar-refractivity contribution is -0.163. The van der Waals surface area contributed by atoms with Crippen molar-refractivity contribution in [1.29, 1.82) is 0 Å². The van der Waals surface area contributed by atoms with Crippen molar-refractivity contribution in [2.24, 2.45) is 5.41 Å². The van der Waals surface area contributed by atoms with Crippen LogP contribution in [0.25, 0.3) is 0 Å². The molecule has 0 aromatic heterocycles. The summed E-state index contributed by atoms with van der Waals surface area (Å²) in [5, 5.41) is -0.420. The number of benzene rings is 1. The Morgan fingerprint density at radius 1 is 1.16 bits per heavy atom. The number of esters is 1. The normalized spacial score (nSPS) is 16.4. The first-order valence-corrected chi connectivity index (χ1v) is 9.86. The summed E-state index contributed by atoms with van der Waals surface area (Å²) in [5.41, 5.74) is 0.294. The molecule has 0 spiro atoms. The summed E-state index contributed by atoms with van der Waals surface area (Å²) >= 11 is 0. The van der Waals surface area contributed by atoms with Gasteiger partial charge in [0.15, 0.2) is 0 Å². The van der Waals surface area contributed by atoms with Crippen molar-refractivity contribution in [2.45, 2.75) is 51.6 Å². The predicted octanol–water partition coefficient (Wildman–Crippen LogP) is 2.67. The quantitative estimate of drug-likeness (QED) is 0.491. The van der Waals surface area contributed by atoms with Crippen LogP contribution in [0.1, 0.15) is 39.2 Å². The molecule has 1 fully saturated rings. The SMILES string of the molecule is CC(C)(C)C(=O)O[C@@H](COCc1ccccc1)COS(=O)(=O)C1CC1. The van der Waals surface area contributed by atoms with E-state index in [4.69, 9.17) is 13.7 Å². The molecule has 1 atom stereocenters. The molecule has 2 rings (SSSR count). The zero-order valence-electron chi connectivity index (χ0n) is 14.9. The Hall–Kier alpha value is -1.44. The molecule has 0 unspecified atom stereocenters. The third kappa shape index (κ3) is 6.76. The number of carbonyl (C=O) groups excluding carboxylic acids is 1. The van der Waals surface area contributed by atoms with Crippen LogP contribution in [-0.2, 0) is 35.2 Å². The van der Waals surface area contributed by atoms with Gasteiger partial charge in [-0.3, -0.25) is 8.98 Å². The van der Waals surface area contributed by atoms with Crippen LogP contribution in [-0.4, -0.2) is 39.0 Å². The standard InChI is InChI=1S/C18H26O6S/c1-18(2,3)17(19)24-15(13-23-25(20,21)16-9-10-16)12-22-11-14-7-5-4-6-8-14/h4-8,15-16H,9-13H2,1-3H3/t15-/m0/s1. The highest BCUT2D eigenvalue weighted by Crippen LogP contribution is 2.29. The molecule has 1 aromatic carbocycles. The van der Waals surface area contributed by atoms with Crippen molar-refractivity contribution < 1.29 is 26.9 Å². The van der Waals surface area contributed by atoms with Crippen molar-refractivity contribution in [2.75, 3.05) is 13.2 Å². The first kappa shape index (κ1) is 19.9. The molecule has 7 heteroatoms. The van der Waals surface area contributed by atoms with E-state index in [-0.39, 0.29) is 13.2 Å². The highest BCUT2D eigenvalue weighted by Gasteiger charge is 2.37. The monoisotopic (exact) mass is 370 g/mol. The molecular weight excluding hydrogens is 344 g/mol. The van der Waals surface area contributed by atoms with Gasteiger partial charge in [0, 0.05) is 0 Å². The largest absolute Gasteiger partial charge is 0.457 e. The molecule has 6 nitrogen and oxygen atoms in total. The van der Waals surface area contributed by atoms with Crippen molar-refractivity contribution in [3.8, 4) is 0 Å².